The van der Waals surface area contributed by atoms with Crippen LogP contribution in [-0.4, -0.2) is 45.8 Å². The van der Waals surface area contributed by atoms with Gasteiger partial charge in [0.15, 0.2) is 0 Å². The summed E-state index contributed by atoms with van der Waals surface area (Å²) in [5.74, 6) is 0.857. The molecule has 1 aliphatic heterocycles. The molecule has 0 radical (unpaired) electrons. The molecule has 1 heterocycles. The van der Waals surface area contributed by atoms with Crippen LogP contribution >= 0.6 is 0 Å². The maximum Gasteiger partial charge on any atom is 0.324 e. The maximum atomic E-state index is 11.8. The summed E-state index contributed by atoms with van der Waals surface area (Å²) in [4.78, 5) is 12.4. The van der Waals surface area contributed by atoms with E-state index in [1.807, 2.05) is 6.07 Å². The van der Waals surface area contributed by atoms with E-state index in [0.29, 0.717) is 31.2 Å². The van der Waals surface area contributed by atoms with Crippen LogP contribution in [0.25, 0.3) is 0 Å². The zero-order valence-corrected chi connectivity index (χ0v) is 13.8. The minimum Gasteiger partial charge on any atom is -0.425 e. The van der Waals surface area contributed by atoms with E-state index in [2.05, 4.69) is 9.12 Å². The SMILES string of the molecule is CNS(=O)(=O)/N=C(\Oc1ccccc1)N1CCC(CC=O)CC1. The lowest BCUT2D eigenvalue weighted by molar-refractivity contribution is -0.108. The van der Waals surface area contributed by atoms with E-state index in [4.69, 9.17) is 4.74 Å². The van der Waals surface area contributed by atoms with Crippen LogP contribution in [0.5, 0.6) is 5.75 Å². The molecule has 1 fully saturated rings. The largest absolute Gasteiger partial charge is 0.425 e. The summed E-state index contributed by atoms with van der Waals surface area (Å²) in [6.45, 7) is 1.20. The molecule has 126 valence electrons. The van der Waals surface area contributed by atoms with Crippen molar-refractivity contribution >= 4 is 22.5 Å². The molecule has 23 heavy (non-hydrogen) atoms. The number of amidine groups is 1. The molecule has 1 aromatic carbocycles. The first-order chi connectivity index (χ1) is 11.0. The highest BCUT2D eigenvalue weighted by molar-refractivity contribution is 7.88. The lowest BCUT2D eigenvalue weighted by atomic mass is 9.94. The van der Waals surface area contributed by atoms with Crippen molar-refractivity contribution in [1.82, 2.24) is 9.62 Å². The van der Waals surface area contributed by atoms with Gasteiger partial charge in [-0.05, 0) is 30.9 Å². The molecular weight excluding hydrogens is 318 g/mol. The van der Waals surface area contributed by atoms with Crippen LogP contribution in [0.1, 0.15) is 19.3 Å². The number of nitrogens with one attached hydrogen (secondary N) is 1. The third-order valence-corrected chi connectivity index (χ3v) is 4.64. The van der Waals surface area contributed by atoms with Crippen LogP contribution in [-0.2, 0) is 15.0 Å². The molecule has 0 atom stereocenters. The number of para-hydroxylation sites is 1. The van der Waals surface area contributed by atoms with Crippen molar-refractivity contribution in [3.63, 3.8) is 0 Å². The second-order valence-electron chi connectivity index (χ2n) is 5.30. The summed E-state index contributed by atoms with van der Waals surface area (Å²) in [5, 5.41) is 0. The van der Waals surface area contributed by atoms with Crippen molar-refractivity contribution in [3.8, 4) is 5.75 Å². The lowest BCUT2D eigenvalue weighted by Gasteiger charge is -2.32. The first kappa shape index (κ1) is 17.4. The number of carbonyl (C=O) groups excluding carboxylic acids is 1. The van der Waals surface area contributed by atoms with Gasteiger partial charge in [0.25, 0.3) is 0 Å². The van der Waals surface area contributed by atoms with Gasteiger partial charge in [0, 0.05) is 26.6 Å². The summed E-state index contributed by atoms with van der Waals surface area (Å²) < 4.78 is 35.1. The molecule has 0 spiro atoms. The normalized spacial score (nSPS) is 17.1. The highest BCUT2D eigenvalue weighted by atomic mass is 32.2. The van der Waals surface area contributed by atoms with Crippen LogP contribution in [0, 0.1) is 5.92 Å². The first-order valence-electron chi connectivity index (χ1n) is 7.49. The topological polar surface area (TPSA) is 88.1 Å². The zero-order valence-electron chi connectivity index (χ0n) is 13.0. The van der Waals surface area contributed by atoms with Crippen molar-refractivity contribution in [3.05, 3.63) is 30.3 Å². The van der Waals surface area contributed by atoms with Crippen molar-refractivity contribution in [2.24, 2.45) is 10.3 Å². The predicted molar refractivity (Wildman–Crippen MR) is 87.5 cm³/mol. The standard InChI is InChI=1S/C15H21N3O4S/c1-16-23(20,21)17-15(22-14-5-3-2-4-6-14)18-10-7-13(8-11-18)9-12-19/h2-6,12-13,16H,7-11H2,1H3/b17-15-. The van der Waals surface area contributed by atoms with E-state index in [0.717, 1.165) is 19.1 Å². The first-order valence-corrected chi connectivity index (χ1v) is 8.93. The van der Waals surface area contributed by atoms with Crippen LogP contribution in [0.4, 0.5) is 0 Å². The number of likely N-dealkylation sites (tertiary alicyclic amines) is 1. The quantitative estimate of drug-likeness (QED) is 0.494. The second-order valence-corrected chi connectivity index (χ2v) is 6.84. The van der Waals surface area contributed by atoms with E-state index < -0.39 is 10.2 Å². The third kappa shape index (κ3) is 5.33. The predicted octanol–water partition coefficient (Wildman–Crippen LogP) is 1.19. The fourth-order valence-electron chi connectivity index (χ4n) is 2.38. The highest BCUT2D eigenvalue weighted by Crippen LogP contribution is 2.21. The molecule has 0 aliphatic carbocycles. The molecule has 0 unspecified atom stereocenters. The van der Waals surface area contributed by atoms with Gasteiger partial charge in [0.05, 0.1) is 0 Å². The van der Waals surface area contributed by atoms with Crippen LogP contribution in [0.2, 0.25) is 0 Å². The summed E-state index contributed by atoms with van der Waals surface area (Å²) in [5.41, 5.74) is 0. The smallest absolute Gasteiger partial charge is 0.324 e. The molecule has 0 amide bonds. The van der Waals surface area contributed by atoms with Crippen LogP contribution < -0.4 is 9.46 Å². The van der Waals surface area contributed by atoms with Gasteiger partial charge in [-0.25, -0.2) is 0 Å². The van der Waals surface area contributed by atoms with Gasteiger partial charge < -0.3 is 14.4 Å². The summed E-state index contributed by atoms with van der Waals surface area (Å²) >= 11 is 0. The van der Waals surface area contributed by atoms with E-state index in [1.165, 1.54) is 7.05 Å². The van der Waals surface area contributed by atoms with Gasteiger partial charge in [-0.1, -0.05) is 22.6 Å². The molecule has 1 aliphatic rings. The number of aldehydes is 1. The number of piperidine rings is 1. The lowest BCUT2D eigenvalue weighted by Crippen LogP contribution is -2.42. The van der Waals surface area contributed by atoms with Gasteiger partial charge in [-0.2, -0.15) is 13.1 Å². The Kier molecular flexibility index (Phi) is 6.12. The molecule has 2 rings (SSSR count). The van der Waals surface area contributed by atoms with Crippen molar-refractivity contribution < 1.29 is 17.9 Å². The minimum atomic E-state index is -3.80. The second kappa shape index (κ2) is 8.07. The highest BCUT2D eigenvalue weighted by Gasteiger charge is 2.24. The fourth-order valence-corrected chi connectivity index (χ4v) is 2.83. The molecule has 1 N–H and O–H groups in total. The molecular formula is C15H21N3O4S. The maximum absolute atomic E-state index is 11.8. The Morgan fingerprint density at radius 2 is 2.00 bits per heavy atom. The van der Waals surface area contributed by atoms with Gasteiger partial charge >= 0.3 is 16.2 Å². The average molecular weight is 339 g/mol. The molecule has 1 saturated heterocycles. The minimum absolute atomic E-state index is 0.0510. The molecule has 0 aromatic heterocycles. The molecule has 7 nitrogen and oxygen atoms in total. The van der Waals surface area contributed by atoms with E-state index in [1.54, 1.807) is 29.2 Å². The number of benzene rings is 1. The van der Waals surface area contributed by atoms with Crippen LogP contribution in [0.15, 0.2) is 34.7 Å². The monoisotopic (exact) mass is 339 g/mol. The summed E-state index contributed by atoms with van der Waals surface area (Å²) in [6.07, 6.45) is 3.07. The molecule has 0 bridgehead atoms. The van der Waals surface area contributed by atoms with Gasteiger partial charge in [0.1, 0.15) is 12.0 Å². The summed E-state index contributed by atoms with van der Waals surface area (Å²) in [6, 6.07) is 8.97. The van der Waals surface area contributed by atoms with Gasteiger partial charge in [0.2, 0.25) is 0 Å². The van der Waals surface area contributed by atoms with Crippen molar-refractivity contribution in [2.45, 2.75) is 19.3 Å². The Morgan fingerprint density at radius 3 is 2.57 bits per heavy atom. The van der Waals surface area contributed by atoms with Gasteiger partial charge in [-0.15, -0.1) is 0 Å². The Morgan fingerprint density at radius 1 is 1.35 bits per heavy atom. The number of ether oxygens (including phenoxy) is 1. The average Bonchev–Trinajstić information content (AvgIpc) is 2.56. The molecule has 0 saturated carbocycles. The Hall–Kier alpha value is -1.93. The van der Waals surface area contributed by atoms with Crippen LogP contribution in [0.3, 0.4) is 0 Å². The third-order valence-electron chi connectivity index (χ3n) is 3.72. The van der Waals surface area contributed by atoms with E-state index in [-0.39, 0.29) is 6.02 Å². The number of carbonyl (C=O) groups is 1. The van der Waals surface area contributed by atoms with Gasteiger partial charge in [-0.3, -0.25) is 0 Å². The fraction of sp³-hybridized carbons (Fsp3) is 0.467. The molecule has 1 aromatic rings. The van der Waals surface area contributed by atoms with E-state index >= 15 is 0 Å². The van der Waals surface area contributed by atoms with Crippen molar-refractivity contribution in [2.75, 3.05) is 20.1 Å². The number of nitrogens with zero attached hydrogens (tertiary/aromatic N) is 2. The zero-order chi connectivity index (χ0) is 16.7. The summed E-state index contributed by atoms with van der Waals surface area (Å²) in [7, 11) is -2.50. The Labute approximate surface area is 136 Å². The van der Waals surface area contributed by atoms with E-state index in [9.17, 15) is 13.2 Å². The number of rotatable bonds is 5. The van der Waals surface area contributed by atoms with Crippen molar-refractivity contribution in [1.29, 1.82) is 0 Å². The Balaban J connectivity index is 2.16. The Bertz CT molecular complexity index is 638. The molecule has 8 heteroatoms. The number of hydrogen-bond acceptors (Lipinski definition) is 4. The number of hydrogen-bond donors (Lipinski definition) is 1.